The van der Waals surface area contributed by atoms with Crippen LogP contribution in [0.5, 0.6) is 0 Å². The van der Waals surface area contributed by atoms with Crippen molar-refractivity contribution >= 4 is 23.5 Å². The van der Waals surface area contributed by atoms with E-state index < -0.39 is 12.2 Å². The molecule has 1 aromatic carbocycles. The van der Waals surface area contributed by atoms with Crippen molar-refractivity contribution in [2.45, 2.75) is 44.1 Å². The summed E-state index contributed by atoms with van der Waals surface area (Å²) in [6, 6.07) is 6.42. The van der Waals surface area contributed by atoms with Crippen LogP contribution in [0.1, 0.15) is 36.0 Å². The number of benzene rings is 1. The first-order valence-electron chi connectivity index (χ1n) is 10.5. The average molecular weight is 418 g/mol. The number of alkyl halides is 1. The number of hydrogen-bond donors (Lipinski definition) is 2. The van der Waals surface area contributed by atoms with Crippen LogP contribution in [0, 0.1) is 0 Å². The van der Waals surface area contributed by atoms with Crippen LogP contribution in [0.4, 0.5) is 14.9 Å². The summed E-state index contributed by atoms with van der Waals surface area (Å²) in [4.78, 5) is 39.6. The molecule has 9 heteroatoms. The number of ether oxygens (including phenoxy) is 1. The average Bonchev–Trinajstić information content (AvgIpc) is 2.75. The molecule has 0 unspecified atom stereocenters. The molecule has 4 rings (SSSR count). The smallest absolute Gasteiger partial charge is 0.328 e. The molecule has 3 heterocycles. The Labute approximate surface area is 174 Å². The van der Waals surface area contributed by atoms with Gasteiger partial charge in [0.2, 0.25) is 5.91 Å². The molecular weight excluding hydrogens is 391 g/mol. The van der Waals surface area contributed by atoms with Gasteiger partial charge >= 0.3 is 6.03 Å². The largest absolute Gasteiger partial charge is 0.372 e. The minimum absolute atomic E-state index is 0.0312. The van der Waals surface area contributed by atoms with Crippen LogP contribution in [0.3, 0.4) is 0 Å². The van der Waals surface area contributed by atoms with Crippen LogP contribution < -0.4 is 15.5 Å². The van der Waals surface area contributed by atoms with Crippen LogP contribution in [0.15, 0.2) is 24.3 Å². The first-order valence-corrected chi connectivity index (χ1v) is 10.5. The number of anilines is 1. The fourth-order valence-corrected chi connectivity index (χ4v) is 4.19. The first kappa shape index (κ1) is 20.7. The number of piperidine rings is 2. The number of nitrogens with one attached hydrogen (secondary N) is 2. The van der Waals surface area contributed by atoms with Gasteiger partial charge in [-0.05, 0) is 44.0 Å². The lowest BCUT2D eigenvalue weighted by Crippen LogP contribution is -2.49. The number of urea groups is 1. The van der Waals surface area contributed by atoms with Crippen molar-refractivity contribution in [3.8, 4) is 0 Å². The molecule has 0 aliphatic carbocycles. The minimum Gasteiger partial charge on any atom is -0.372 e. The Kier molecular flexibility index (Phi) is 6.29. The fourth-order valence-electron chi connectivity index (χ4n) is 4.19. The molecule has 3 aliphatic rings. The first-order chi connectivity index (χ1) is 14.5. The van der Waals surface area contributed by atoms with Gasteiger partial charge in [-0.25, -0.2) is 9.18 Å². The van der Waals surface area contributed by atoms with Crippen LogP contribution >= 0.6 is 0 Å². The van der Waals surface area contributed by atoms with Gasteiger partial charge in [0, 0.05) is 43.9 Å². The van der Waals surface area contributed by atoms with Crippen LogP contribution in [-0.4, -0.2) is 73.8 Å². The Morgan fingerprint density at radius 2 is 1.93 bits per heavy atom. The van der Waals surface area contributed by atoms with Crippen LogP contribution in [0.25, 0.3) is 0 Å². The highest BCUT2D eigenvalue weighted by Gasteiger charge is 2.31. The summed E-state index contributed by atoms with van der Waals surface area (Å²) in [5, 5.41) is 5.31. The van der Waals surface area contributed by atoms with Crippen molar-refractivity contribution in [2.75, 3.05) is 37.6 Å². The zero-order valence-corrected chi connectivity index (χ0v) is 16.8. The van der Waals surface area contributed by atoms with Gasteiger partial charge in [-0.1, -0.05) is 6.07 Å². The topological polar surface area (TPSA) is 91.0 Å². The third kappa shape index (κ3) is 4.62. The molecule has 2 N–H and O–H groups in total. The third-order valence-electron chi connectivity index (χ3n) is 5.90. The van der Waals surface area contributed by atoms with Gasteiger partial charge in [-0.15, -0.1) is 0 Å². The van der Waals surface area contributed by atoms with E-state index in [9.17, 15) is 18.8 Å². The summed E-state index contributed by atoms with van der Waals surface area (Å²) in [5.41, 5.74) is 1.09. The zero-order chi connectivity index (χ0) is 21.1. The molecule has 4 amide bonds. The lowest BCUT2D eigenvalue weighted by atomic mass is 10.0. The van der Waals surface area contributed by atoms with Crippen molar-refractivity contribution in [1.29, 1.82) is 0 Å². The number of rotatable bonds is 4. The Morgan fingerprint density at radius 1 is 1.13 bits per heavy atom. The quantitative estimate of drug-likeness (QED) is 0.773. The van der Waals surface area contributed by atoms with E-state index in [-0.39, 0.29) is 37.0 Å². The van der Waals surface area contributed by atoms with E-state index in [4.69, 9.17) is 4.74 Å². The summed E-state index contributed by atoms with van der Waals surface area (Å²) < 4.78 is 19.9. The number of carbonyl (C=O) groups excluding carboxylic acids is 3. The highest BCUT2D eigenvalue weighted by atomic mass is 19.1. The summed E-state index contributed by atoms with van der Waals surface area (Å²) >= 11 is 0. The molecule has 2 atom stereocenters. The molecule has 8 nitrogen and oxygen atoms in total. The van der Waals surface area contributed by atoms with E-state index in [1.54, 1.807) is 29.2 Å². The highest BCUT2D eigenvalue weighted by molar-refractivity contribution is 6.06. The number of likely N-dealkylation sites (tertiary alicyclic amines) is 1. The van der Waals surface area contributed by atoms with Gasteiger partial charge in [0.05, 0.1) is 12.2 Å². The van der Waals surface area contributed by atoms with Gasteiger partial charge in [-0.3, -0.25) is 19.8 Å². The molecule has 3 fully saturated rings. The van der Waals surface area contributed by atoms with Crippen molar-refractivity contribution in [3.63, 3.8) is 0 Å². The summed E-state index contributed by atoms with van der Waals surface area (Å²) in [5.74, 6) is -0.397. The lowest BCUT2D eigenvalue weighted by Gasteiger charge is -2.36. The van der Waals surface area contributed by atoms with E-state index in [0.717, 1.165) is 6.54 Å². The maximum atomic E-state index is 14.0. The van der Waals surface area contributed by atoms with Crippen molar-refractivity contribution < 1.29 is 23.5 Å². The van der Waals surface area contributed by atoms with Crippen molar-refractivity contribution in [1.82, 2.24) is 15.5 Å². The number of halogens is 1. The molecule has 0 aromatic heterocycles. The summed E-state index contributed by atoms with van der Waals surface area (Å²) in [6.07, 6.45) is 0.881. The van der Waals surface area contributed by atoms with Crippen LogP contribution in [0.2, 0.25) is 0 Å². The standard InChI is InChI=1S/C21H27FN4O4/c22-17-13-23-8-4-18(17)30-16-5-9-25(10-6-16)20(28)14-2-1-3-15(12-14)26-11-7-19(27)24-21(26)29/h1-3,12,16-18,23H,4-11,13H2,(H,24,27,29)/t17-,18-/m1/s1. The molecule has 3 aliphatic heterocycles. The number of imide groups is 1. The Hall–Kier alpha value is -2.52. The molecule has 1 aromatic rings. The minimum atomic E-state index is -0.983. The Balaban J connectivity index is 1.34. The zero-order valence-electron chi connectivity index (χ0n) is 16.8. The van der Waals surface area contributed by atoms with E-state index >= 15 is 0 Å². The maximum absolute atomic E-state index is 14.0. The van der Waals surface area contributed by atoms with Crippen LogP contribution in [-0.2, 0) is 9.53 Å². The molecule has 0 spiro atoms. The third-order valence-corrected chi connectivity index (χ3v) is 5.90. The number of hydrogen-bond acceptors (Lipinski definition) is 5. The fraction of sp³-hybridized carbons (Fsp3) is 0.571. The lowest BCUT2D eigenvalue weighted by molar-refractivity contribution is -0.120. The van der Waals surface area contributed by atoms with Gasteiger partial charge in [-0.2, -0.15) is 0 Å². The molecule has 3 saturated heterocycles. The van der Waals surface area contributed by atoms with E-state index in [1.807, 2.05) is 0 Å². The Morgan fingerprint density at radius 3 is 2.67 bits per heavy atom. The monoisotopic (exact) mass is 418 g/mol. The molecule has 0 bridgehead atoms. The normalized spacial score (nSPS) is 25.9. The molecule has 162 valence electrons. The second-order valence-electron chi connectivity index (χ2n) is 7.98. The van der Waals surface area contributed by atoms with Gasteiger partial charge < -0.3 is 15.0 Å². The summed E-state index contributed by atoms with van der Waals surface area (Å²) in [6.45, 7) is 2.49. The number of amides is 4. The van der Waals surface area contributed by atoms with Gasteiger partial charge in [0.1, 0.15) is 6.17 Å². The second kappa shape index (κ2) is 9.09. The van der Waals surface area contributed by atoms with Crippen molar-refractivity contribution in [3.05, 3.63) is 29.8 Å². The molecule has 0 radical (unpaired) electrons. The highest BCUT2D eigenvalue weighted by Crippen LogP contribution is 2.23. The molecular formula is C21H27FN4O4. The predicted octanol–water partition coefficient (Wildman–Crippen LogP) is 1.45. The van der Waals surface area contributed by atoms with E-state index in [2.05, 4.69) is 10.6 Å². The van der Waals surface area contributed by atoms with Gasteiger partial charge in [0.15, 0.2) is 0 Å². The van der Waals surface area contributed by atoms with E-state index in [1.165, 1.54) is 4.90 Å². The Bertz CT molecular complexity index is 812. The SMILES string of the molecule is O=C1CCN(c2cccc(C(=O)N3CCC(O[C@@H]4CCNC[C@H]4F)CC3)c2)C(=O)N1. The predicted molar refractivity (Wildman–Crippen MR) is 108 cm³/mol. The number of nitrogens with zero attached hydrogens (tertiary/aromatic N) is 2. The molecule has 0 saturated carbocycles. The number of carbonyl (C=O) groups is 3. The summed E-state index contributed by atoms with van der Waals surface area (Å²) in [7, 11) is 0. The van der Waals surface area contributed by atoms with Gasteiger partial charge in [0.25, 0.3) is 5.91 Å². The second-order valence-corrected chi connectivity index (χ2v) is 7.98. The molecule has 30 heavy (non-hydrogen) atoms. The maximum Gasteiger partial charge on any atom is 0.328 e. The van der Waals surface area contributed by atoms with Crippen molar-refractivity contribution in [2.24, 2.45) is 0 Å². The van der Waals surface area contributed by atoms with E-state index in [0.29, 0.717) is 50.1 Å².